The van der Waals surface area contributed by atoms with Crippen molar-refractivity contribution in [2.45, 2.75) is 13.8 Å². The van der Waals surface area contributed by atoms with Crippen LogP contribution in [-0.4, -0.2) is 44.8 Å². The van der Waals surface area contributed by atoms with Gasteiger partial charge in [0, 0.05) is 54.8 Å². The predicted octanol–water partition coefficient (Wildman–Crippen LogP) is 15.9. The third kappa shape index (κ3) is 9.31. The average molecular weight is 1270 g/mol. The van der Waals surface area contributed by atoms with Gasteiger partial charge in [-0.15, -0.1) is 0 Å². The summed E-state index contributed by atoms with van der Waals surface area (Å²) in [5.41, 5.74) is 12.7. The van der Waals surface area contributed by atoms with Crippen molar-refractivity contribution in [3.63, 3.8) is 0 Å². The lowest BCUT2D eigenvalue weighted by Gasteiger charge is -2.34. The van der Waals surface area contributed by atoms with Crippen molar-refractivity contribution in [1.29, 1.82) is 0 Å². The molecule has 8 heteroatoms. The highest BCUT2D eigenvalue weighted by atomic mass is 28.3. The van der Waals surface area contributed by atoms with Crippen molar-refractivity contribution < 1.29 is 0 Å². The number of nitrogens with zero attached hydrogens (tertiary/aromatic N) is 6. The second-order valence-corrected chi connectivity index (χ2v) is 33.2. The summed E-state index contributed by atoms with van der Waals surface area (Å²) in [5, 5.41) is 17.7. The zero-order valence-electron chi connectivity index (χ0n) is 53.7. The van der Waals surface area contributed by atoms with Crippen LogP contribution in [0.4, 0.5) is 0 Å². The molecule has 0 saturated carbocycles. The van der Waals surface area contributed by atoms with Crippen molar-refractivity contribution in [2.75, 3.05) is 0 Å². The molecule has 458 valence electrons. The highest BCUT2D eigenvalue weighted by molar-refractivity contribution is 7.20. The number of aryl methyl sites for hydroxylation is 2. The first-order chi connectivity index (χ1) is 47.9. The highest BCUT2D eigenvalue weighted by Gasteiger charge is 2.43. The first kappa shape index (κ1) is 57.6. The summed E-state index contributed by atoms with van der Waals surface area (Å²) >= 11 is 0. The molecule has 4 aromatic heterocycles. The van der Waals surface area contributed by atoms with Crippen LogP contribution in [-0.2, 0) is 0 Å². The lowest BCUT2D eigenvalue weighted by molar-refractivity contribution is 0.952. The molecule has 0 unspecified atom stereocenters. The lowest BCUT2D eigenvalue weighted by atomic mass is 10.1. The molecule has 0 aliphatic rings. The van der Waals surface area contributed by atoms with E-state index in [4.69, 9.17) is 15.0 Å². The fraction of sp³-hybridized carbons (Fsp3) is 0.0225. The molecule has 0 atom stereocenters. The summed E-state index contributed by atoms with van der Waals surface area (Å²) in [6.07, 6.45) is 0. The summed E-state index contributed by atoms with van der Waals surface area (Å²) < 4.78 is 7.21. The summed E-state index contributed by atoms with van der Waals surface area (Å²) in [7, 11) is -5.75. The molecule has 0 radical (unpaired) electrons. The fourth-order valence-corrected chi connectivity index (χ4v) is 25.4. The molecule has 0 amide bonds. The Hall–Kier alpha value is -12.1. The van der Waals surface area contributed by atoms with Crippen LogP contribution < -0.4 is 41.5 Å². The minimum Gasteiger partial charge on any atom is -0.309 e. The van der Waals surface area contributed by atoms with Gasteiger partial charge in [-0.2, -0.15) is 9.97 Å². The molecule has 6 nitrogen and oxygen atoms in total. The molecule has 0 aliphatic carbocycles. The molecule has 18 aromatic rings. The number of rotatable bonds is 13. The van der Waals surface area contributed by atoms with E-state index in [1.165, 1.54) is 63.0 Å². The van der Waals surface area contributed by atoms with Gasteiger partial charge < -0.3 is 9.13 Å². The van der Waals surface area contributed by atoms with Crippen molar-refractivity contribution >= 4 is 123 Å². The van der Waals surface area contributed by atoms with E-state index >= 15 is 0 Å². The van der Waals surface area contributed by atoms with E-state index in [-0.39, 0.29) is 0 Å². The molecule has 0 fully saturated rings. The zero-order valence-corrected chi connectivity index (χ0v) is 55.7. The molecule has 0 aliphatic heterocycles. The summed E-state index contributed by atoms with van der Waals surface area (Å²) in [6, 6.07) is 131. The van der Waals surface area contributed by atoms with Gasteiger partial charge in [-0.25, -0.2) is 4.98 Å². The van der Waals surface area contributed by atoms with Crippen LogP contribution in [0.5, 0.6) is 0 Å². The monoisotopic (exact) mass is 1270 g/mol. The maximum absolute atomic E-state index is 5.47. The zero-order chi connectivity index (χ0) is 64.6. The largest absolute Gasteiger partial charge is 0.309 e. The normalized spacial score (nSPS) is 12.0. The van der Waals surface area contributed by atoms with Crippen molar-refractivity contribution in [3.8, 4) is 40.1 Å². The number of para-hydroxylation sites is 2. The Morgan fingerprint density at radius 1 is 0.216 bits per heavy atom. The standard InChI is InChI=1S/C89H64N6Si2/c1-61-27-25-29-63(55-61)87-90-88(64-30-26-28-62(2)56-64)92-89(91-87)95-85-51-47-65(93-81-45-23-21-43-75(81)79-59-73(49-53-83(79)93)96(67-31-9-3-10-32-67,68-33-11-4-12-34-68)69-35-13-5-14-36-69)57-77(85)78-58-66(48-52-86(78)95)94-82-46-24-22-44-76(82)80-60-74(50-54-84(80)94)97(70-37-15-6-16-38-70,71-39-17-7-18-40-71)72-41-19-8-20-42-72/h3-60H,1-2H3. The number of fused-ring (bicyclic) bond motifs is 9. The van der Waals surface area contributed by atoms with Gasteiger partial charge in [-0.3, -0.25) is 4.57 Å². The maximum atomic E-state index is 5.47. The number of benzene rings is 14. The van der Waals surface area contributed by atoms with E-state index in [2.05, 4.69) is 379 Å². The van der Waals surface area contributed by atoms with E-state index in [1.807, 2.05) is 0 Å². The van der Waals surface area contributed by atoms with Crippen LogP contribution >= 0.6 is 0 Å². The van der Waals surface area contributed by atoms with Gasteiger partial charge >= 0.3 is 0 Å². The first-order valence-corrected chi connectivity index (χ1v) is 37.3. The van der Waals surface area contributed by atoms with Gasteiger partial charge in [0.05, 0.1) is 33.1 Å². The van der Waals surface area contributed by atoms with Gasteiger partial charge in [0.1, 0.15) is 0 Å². The Morgan fingerprint density at radius 2 is 0.515 bits per heavy atom. The van der Waals surface area contributed by atoms with Crippen LogP contribution in [0.3, 0.4) is 0 Å². The molecular weight excluding hydrogens is 1210 g/mol. The summed E-state index contributed by atoms with van der Waals surface area (Å²) in [6.45, 7) is 4.23. The lowest BCUT2D eigenvalue weighted by Crippen LogP contribution is -2.74. The van der Waals surface area contributed by atoms with Crippen LogP contribution in [0.2, 0.25) is 0 Å². The number of hydrogen-bond donors (Lipinski definition) is 0. The smallest absolute Gasteiger partial charge is 0.238 e. The van der Waals surface area contributed by atoms with E-state index in [1.54, 1.807) is 0 Å². The van der Waals surface area contributed by atoms with Crippen LogP contribution in [0, 0.1) is 13.8 Å². The molecule has 14 aromatic carbocycles. The highest BCUT2D eigenvalue weighted by Crippen LogP contribution is 2.40. The first-order valence-electron chi connectivity index (χ1n) is 33.3. The Bertz CT molecular complexity index is 5470. The van der Waals surface area contributed by atoms with Crippen molar-refractivity contribution in [2.24, 2.45) is 0 Å². The average Bonchev–Trinajstić information content (AvgIpc) is 1.69. The van der Waals surface area contributed by atoms with E-state index in [0.717, 1.165) is 77.5 Å². The molecular formula is C89H64N6Si2. The Morgan fingerprint density at radius 3 is 0.866 bits per heavy atom. The minimum absolute atomic E-state index is 0.545. The third-order valence-corrected chi connectivity index (χ3v) is 29.6. The summed E-state index contributed by atoms with van der Waals surface area (Å²) in [4.78, 5) is 16.2. The molecule has 0 saturated heterocycles. The van der Waals surface area contributed by atoms with Gasteiger partial charge in [-0.05, 0) is 128 Å². The van der Waals surface area contributed by atoms with Gasteiger partial charge in [-0.1, -0.05) is 290 Å². The Balaban J connectivity index is 0.887. The summed E-state index contributed by atoms with van der Waals surface area (Å²) in [5.74, 6) is 1.77. The number of aromatic nitrogens is 6. The second-order valence-electron chi connectivity index (χ2n) is 25.6. The van der Waals surface area contributed by atoms with Crippen molar-refractivity contribution in [1.82, 2.24) is 28.7 Å². The predicted molar refractivity (Wildman–Crippen MR) is 410 cm³/mol. The molecule has 0 N–H and O–H groups in total. The van der Waals surface area contributed by atoms with Gasteiger partial charge in [0.2, 0.25) is 5.95 Å². The SMILES string of the molecule is Cc1cccc(-c2nc(-c3cccc(C)c3)nc(-n3c4ccc(-n5c6ccccc6c6cc([Si](c7ccccc7)(c7ccccc7)c7ccccc7)ccc65)cc4c4cc(-n5c6ccccc6c6cc([Si](c7ccccc7)(c7ccccc7)c7ccccc7)ccc65)ccc43)n2)c1. The van der Waals surface area contributed by atoms with Crippen LogP contribution in [0.1, 0.15) is 11.1 Å². The topological polar surface area (TPSA) is 53.5 Å². The molecule has 97 heavy (non-hydrogen) atoms. The van der Waals surface area contributed by atoms with E-state index < -0.39 is 16.1 Å². The van der Waals surface area contributed by atoms with E-state index in [0.29, 0.717) is 17.6 Å². The van der Waals surface area contributed by atoms with Crippen LogP contribution in [0.25, 0.3) is 106 Å². The molecule has 18 rings (SSSR count). The molecule has 0 bridgehead atoms. The number of hydrogen-bond acceptors (Lipinski definition) is 3. The van der Waals surface area contributed by atoms with E-state index in [9.17, 15) is 0 Å². The van der Waals surface area contributed by atoms with Crippen molar-refractivity contribution in [3.05, 3.63) is 363 Å². The Labute approximate surface area is 565 Å². The molecule has 4 heterocycles. The van der Waals surface area contributed by atoms with Gasteiger partial charge in [0.25, 0.3) is 0 Å². The second kappa shape index (κ2) is 23.4. The van der Waals surface area contributed by atoms with Gasteiger partial charge in [0.15, 0.2) is 27.8 Å². The Kier molecular flexibility index (Phi) is 13.9. The molecule has 0 spiro atoms. The maximum Gasteiger partial charge on any atom is 0.238 e. The third-order valence-electron chi connectivity index (χ3n) is 20.1. The fourth-order valence-electron chi connectivity index (χ4n) is 15.9. The van der Waals surface area contributed by atoms with Crippen LogP contribution in [0.15, 0.2) is 352 Å². The minimum atomic E-state index is -2.87. The quantitative estimate of drug-likeness (QED) is 0.0854.